The zero-order valence-electron chi connectivity index (χ0n) is 26.5. The second-order valence-corrected chi connectivity index (χ2v) is 17.8. The van der Waals surface area contributed by atoms with Crippen LogP contribution in [-0.2, 0) is 31.3 Å². The number of pyridine rings is 1. The molecule has 229 valence electrons. The molecule has 0 unspecified atom stereocenters. The number of nitrogens with zero attached hydrogens (tertiary/aromatic N) is 1. The van der Waals surface area contributed by atoms with Crippen molar-refractivity contribution in [2.75, 3.05) is 0 Å². The van der Waals surface area contributed by atoms with Gasteiger partial charge in [-0.05, 0) is 66.1 Å². The van der Waals surface area contributed by atoms with E-state index in [1.54, 1.807) is 0 Å². The molecule has 6 rings (SSSR count). The van der Waals surface area contributed by atoms with Crippen molar-refractivity contribution in [3.63, 3.8) is 0 Å². The Morgan fingerprint density at radius 2 is 1.64 bits per heavy atom. The second-order valence-electron chi connectivity index (χ2n) is 12.8. The van der Waals surface area contributed by atoms with Gasteiger partial charge in [-0.3, -0.25) is 4.79 Å². The summed E-state index contributed by atoms with van der Waals surface area (Å²) in [6, 6.07) is 29.9. The van der Waals surface area contributed by atoms with Gasteiger partial charge in [0, 0.05) is 38.6 Å². The van der Waals surface area contributed by atoms with Crippen molar-refractivity contribution in [1.82, 2.24) is 0 Å². The molecule has 6 aromatic rings. The fourth-order valence-electron chi connectivity index (χ4n) is 5.83. The summed E-state index contributed by atoms with van der Waals surface area (Å²) in [5, 5.41) is 16.0. The van der Waals surface area contributed by atoms with E-state index in [-0.39, 0.29) is 31.6 Å². The van der Waals surface area contributed by atoms with Gasteiger partial charge in [-0.25, -0.2) is 0 Å². The van der Waals surface area contributed by atoms with E-state index < -0.39 is 8.07 Å². The number of furan rings is 1. The third kappa shape index (κ3) is 6.68. The zero-order valence-corrected chi connectivity index (χ0v) is 29.9. The number of fused-ring (bicyclic) bond motifs is 6. The molecule has 2 aromatic heterocycles. The average Bonchev–Trinajstić information content (AvgIpc) is 3.30. The fourth-order valence-corrected chi connectivity index (χ4v) is 7.41. The van der Waals surface area contributed by atoms with Crippen molar-refractivity contribution in [3.05, 3.63) is 103 Å². The molecule has 0 aliphatic carbocycles. The Kier molecular flexibility index (Phi) is 9.89. The van der Waals surface area contributed by atoms with Crippen LogP contribution in [-0.4, -0.2) is 19.0 Å². The number of hydrogen-bond acceptors (Lipinski definition) is 3. The van der Waals surface area contributed by atoms with Crippen LogP contribution in [0.4, 0.5) is 0 Å². The minimum absolute atomic E-state index is 0. The van der Waals surface area contributed by atoms with Crippen LogP contribution in [0.25, 0.3) is 54.9 Å². The Morgan fingerprint density at radius 3 is 2.25 bits per heavy atom. The van der Waals surface area contributed by atoms with Crippen molar-refractivity contribution in [3.8, 4) is 11.3 Å². The van der Waals surface area contributed by atoms with Gasteiger partial charge in [0.05, 0.1) is 19.4 Å². The number of aliphatic hydroxyl groups excluding tert-OH is 1. The molecule has 0 spiro atoms. The Bertz CT molecular complexity index is 2030. The van der Waals surface area contributed by atoms with Crippen molar-refractivity contribution in [2.45, 2.75) is 53.8 Å². The minimum atomic E-state index is -1.73. The average molecular weight is 779 g/mol. The molecule has 0 saturated carbocycles. The number of hydrogen-bond donors (Lipinski definition) is 1. The first kappa shape index (κ1) is 33.2. The van der Waals surface area contributed by atoms with E-state index in [0.29, 0.717) is 5.92 Å². The Hall–Kier alpha value is -3.70. The topological polar surface area (TPSA) is 54.3 Å². The molecule has 1 N–H and O–H groups in total. The number of aromatic nitrogens is 1. The summed E-state index contributed by atoms with van der Waals surface area (Å²) >= 11 is 0. The first-order chi connectivity index (χ1) is 20.3. The van der Waals surface area contributed by atoms with Crippen LogP contribution in [0, 0.1) is 19.0 Å². The molecule has 0 bridgehead atoms. The van der Waals surface area contributed by atoms with Gasteiger partial charge in [0.2, 0.25) is 0 Å². The van der Waals surface area contributed by atoms with Crippen LogP contribution in [0.5, 0.6) is 0 Å². The second kappa shape index (κ2) is 13.1. The van der Waals surface area contributed by atoms with E-state index in [9.17, 15) is 4.79 Å². The molecule has 1 radical (unpaired) electrons. The normalized spacial score (nSPS) is 12.0. The number of ketones is 1. The Labute approximate surface area is 274 Å². The molecule has 0 aliphatic rings. The zero-order chi connectivity index (χ0) is 31.1. The maximum absolute atomic E-state index is 10.0. The van der Waals surface area contributed by atoms with Crippen LogP contribution in [0.3, 0.4) is 0 Å². The van der Waals surface area contributed by atoms with Gasteiger partial charge >= 0.3 is 0 Å². The van der Waals surface area contributed by atoms with E-state index in [2.05, 4.69) is 118 Å². The smallest absolute Gasteiger partial charge is 0.155 e. The standard InChI is InChI=1S/C33H32NOSi.C5H8O2.Ir/c1-21(2)17-22-18-26-25-13-9-10-14-30(25)35-33(26)27(19-22)29-20-31(36(4,5)6)32-24-12-8-7-11-23(24)15-16-28(32)34(29)3;1-4(6)3-5(2)7;/h7-16,18,20-21H,3,17H2,1-2,4-6H3;3,6H,1-2H3;/q-1;;/b;4-3-;. The maximum Gasteiger partial charge on any atom is 0.155 e. The molecular formula is C38H40IrNO3Si-. The molecule has 0 fully saturated rings. The molecule has 44 heavy (non-hydrogen) atoms. The van der Waals surface area contributed by atoms with Gasteiger partial charge in [0.25, 0.3) is 0 Å². The van der Waals surface area contributed by atoms with Gasteiger partial charge in [0.1, 0.15) is 16.8 Å². The van der Waals surface area contributed by atoms with Crippen molar-refractivity contribution in [2.24, 2.45) is 5.92 Å². The summed E-state index contributed by atoms with van der Waals surface area (Å²) in [4.78, 5) is 10.0. The van der Waals surface area contributed by atoms with E-state index in [0.717, 1.165) is 45.1 Å². The summed E-state index contributed by atoms with van der Waals surface area (Å²) in [6.45, 7) is 14.7. The SMILES string of the molecule is CC(=O)/C=C(/C)O.[CH2-][n+]1c(-c2[c-]c(CC(C)C)cc3c2oc2ccccc23)cc([Si](C)(C)C)c2c3ccccc3ccc21.[Ir]. The van der Waals surface area contributed by atoms with Crippen molar-refractivity contribution >= 4 is 62.7 Å². The molecule has 0 atom stereocenters. The van der Waals surface area contributed by atoms with Gasteiger partial charge < -0.3 is 14.1 Å². The molecule has 4 aromatic carbocycles. The van der Waals surface area contributed by atoms with Crippen LogP contribution in [0.2, 0.25) is 19.6 Å². The molecular weight excluding hydrogens is 739 g/mol. The van der Waals surface area contributed by atoms with Crippen LogP contribution >= 0.6 is 0 Å². The summed E-state index contributed by atoms with van der Waals surface area (Å²) < 4.78 is 8.60. The number of carbonyl (C=O) groups excluding carboxylic acids is 1. The van der Waals surface area contributed by atoms with Crippen LogP contribution in [0.15, 0.2) is 89.0 Å². The number of benzene rings is 4. The summed E-state index contributed by atoms with van der Waals surface area (Å²) in [6.07, 6.45) is 2.14. The van der Waals surface area contributed by atoms with Gasteiger partial charge in [0.15, 0.2) is 5.78 Å². The minimum Gasteiger partial charge on any atom is -0.512 e. The molecule has 2 heterocycles. The van der Waals surface area contributed by atoms with E-state index in [1.165, 1.54) is 46.8 Å². The quantitative estimate of drug-likeness (QED) is 0.0475. The number of rotatable bonds is 5. The van der Waals surface area contributed by atoms with Gasteiger partial charge in [-0.1, -0.05) is 92.6 Å². The van der Waals surface area contributed by atoms with E-state index in [1.807, 2.05) is 6.07 Å². The first-order valence-electron chi connectivity index (χ1n) is 14.8. The number of allylic oxidation sites excluding steroid dienone is 2. The number of aliphatic hydroxyl groups is 1. The third-order valence-electron chi connectivity index (χ3n) is 7.61. The van der Waals surface area contributed by atoms with Crippen molar-refractivity contribution in [1.29, 1.82) is 0 Å². The fraction of sp³-hybridized carbons (Fsp3) is 0.237. The largest absolute Gasteiger partial charge is 0.512 e. The maximum atomic E-state index is 10.0. The van der Waals surface area contributed by atoms with Crippen LogP contribution in [0.1, 0.15) is 33.3 Å². The summed E-state index contributed by atoms with van der Waals surface area (Å²) in [5.74, 6) is 0.476. The first-order valence-corrected chi connectivity index (χ1v) is 18.3. The Balaban J connectivity index is 0.000000497. The number of carbonyl (C=O) groups is 1. The van der Waals surface area contributed by atoms with Gasteiger partial charge in [-0.15, -0.1) is 17.7 Å². The summed E-state index contributed by atoms with van der Waals surface area (Å²) in [7, 11) is 2.85. The van der Waals surface area contributed by atoms with E-state index >= 15 is 0 Å². The van der Waals surface area contributed by atoms with E-state index in [4.69, 9.17) is 9.52 Å². The molecule has 0 saturated heterocycles. The predicted octanol–water partition coefficient (Wildman–Crippen LogP) is 9.07. The molecule has 0 aliphatic heterocycles. The predicted molar refractivity (Wildman–Crippen MR) is 183 cm³/mol. The van der Waals surface area contributed by atoms with Crippen LogP contribution < -0.4 is 9.75 Å². The number of para-hydroxylation sites is 1. The van der Waals surface area contributed by atoms with Crippen molar-refractivity contribution < 1.29 is 39.0 Å². The Morgan fingerprint density at radius 1 is 0.977 bits per heavy atom. The third-order valence-corrected chi connectivity index (χ3v) is 9.62. The van der Waals surface area contributed by atoms with Gasteiger partial charge in [-0.2, -0.15) is 0 Å². The molecule has 6 heteroatoms. The molecule has 4 nitrogen and oxygen atoms in total. The molecule has 0 amide bonds. The monoisotopic (exact) mass is 779 g/mol. The summed E-state index contributed by atoms with van der Waals surface area (Å²) in [5.41, 5.74) is 6.23.